The largest absolute Gasteiger partial charge is 0.377 e. The van der Waals surface area contributed by atoms with Gasteiger partial charge in [0.15, 0.2) is 0 Å². The van der Waals surface area contributed by atoms with Gasteiger partial charge in [-0.3, -0.25) is 4.79 Å². The summed E-state index contributed by atoms with van der Waals surface area (Å²) in [6.07, 6.45) is 8.88. The Hall–Kier alpha value is -2.30. The molecule has 27 heavy (non-hydrogen) atoms. The molecule has 1 aromatic carbocycles. The fourth-order valence-corrected chi connectivity index (χ4v) is 3.35. The second-order valence-electron chi connectivity index (χ2n) is 6.90. The molecule has 2 atom stereocenters. The molecule has 0 radical (unpaired) electrons. The van der Waals surface area contributed by atoms with Crippen LogP contribution in [0.25, 0.3) is 10.9 Å². The Labute approximate surface area is 165 Å². The molecule has 1 aromatic heterocycles. The summed E-state index contributed by atoms with van der Waals surface area (Å²) in [4.78, 5) is 12.9. The van der Waals surface area contributed by atoms with Crippen molar-refractivity contribution < 1.29 is 9.53 Å². The number of benzene rings is 1. The fourth-order valence-electron chi connectivity index (χ4n) is 3.18. The van der Waals surface area contributed by atoms with Crippen LogP contribution in [-0.4, -0.2) is 29.7 Å². The van der Waals surface area contributed by atoms with Gasteiger partial charge in [0.2, 0.25) is 0 Å². The highest BCUT2D eigenvalue weighted by Gasteiger charge is 2.19. The molecule has 2 heterocycles. The van der Waals surface area contributed by atoms with Crippen molar-refractivity contribution in [3.63, 3.8) is 0 Å². The highest BCUT2D eigenvalue weighted by Crippen LogP contribution is 2.23. The van der Waals surface area contributed by atoms with Gasteiger partial charge in [-0.25, -0.2) is 0 Å². The number of rotatable bonds is 2. The van der Waals surface area contributed by atoms with Crippen molar-refractivity contribution in [3.05, 3.63) is 71.4 Å². The van der Waals surface area contributed by atoms with Crippen LogP contribution in [0.5, 0.6) is 0 Å². The first-order valence-corrected chi connectivity index (χ1v) is 9.50. The number of amides is 1. The third-order valence-corrected chi connectivity index (χ3v) is 5.05. The fraction of sp³-hybridized carbons (Fsp3) is 0.318. The minimum Gasteiger partial charge on any atom is -0.377 e. The number of fused-ring (bicyclic) bond motifs is 1. The lowest BCUT2D eigenvalue weighted by Crippen LogP contribution is -2.37. The van der Waals surface area contributed by atoms with Crippen molar-refractivity contribution in [1.29, 1.82) is 0 Å². The number of ether oxygens (including phenoxy) is 1. The van der Waals surface area contributed by atoms with Gasteiger partial charge in [0.05, 0.1) is 12.6 Å². The molecule has 4 nitrogen and oxygen atoms in total. The number of nitrogens with zero attached hydrogens (tertiary/aromatic N) is 1. The smallest absolute Gasteiger partial charge is 0.268 e. The monoisotopic (exact) mass is 384 g/mol. The zero-order valence-corrected chi connectivity index (χ0v) is 16.5. The molecule has 3 rings (SSSR count). The lowest BCUT2D eigenvalue weighted by atomic mass is 10.0. The molecule has 1 N–H and O–H groups in total. The van der Waals surface area contributed by atoms with Crippen LogP contribution in [0.1, 0.15) is 23.8 Å². The van der Waals surface area contributed by atoms with Crippen LogP contribution in [0.2, 0.25) is 5.02 Å². The summed E-state index contributed by atoms with van der Waals surface area (Å²) in [7, 11) is 1.87. The van der Waals surface area contributed by atoms with Gasteiger partial charge in [-0.2, -0.15) is 0 Å². The Bertz CT molecular complexity index is 910. The van der Waals surface area contributed by atoms with E-state index >= 15 is 0 Å². The number of aryl methyl sites for hydroxylation is 1. The van der Waals surface area contributed by atoms with E-state index < -0.39 is 0 Å². The molecule has 0 spiro atoms. The van der Waals surface area contributed by atoms with E-state index in [1.165, 1.54) is 0 Å². The summed E-state index contributed by atoms with van der Waals surface area (Å²) in [5, 5.41) is 4.74. The lowest BCUT2D eigenvalue weighted by Gasteiger charge is -2.19. The first-order chi connectivity index (χ1) is 13.0. The Kier molecular flexibility index (Phi) is 6.19. The van der Waals surface area contributed by atoms with Crippen molar-refractivity contribution in [2.75, 3.05) is 13.2 Å². The maximum Gasteiger partial charge on any atom is 0.268 e. The zero-order valence-electron chi connectivity index (χ0n) is 15.7. The number of hydrogen-bond acceptors (Lipinski definition) is 2. The average molecular weight is 385 g/mol. The number of carbonyl (C=O) groups is 1. The van der Waals surface area contributed by atoms with Gasteiger partial charge in [-0.05, 0) is 36.1 Å². The number of carbonyl (C=O) groups excluding carboxylic acids is 1. The summed E-state index contributed by atoms with van der Waals surface area (Å²) >= 11 is 6.09. The highest BCUT2D eigenvalue weighted by molar-refractivity contribution is 6.31. The van der Waals surface area contributed by atoms with E-state index in [4.69, 9.17) is 16.3 Å². The maximum absolute atomic E-state index is 12.9. The van der Waals surface area contributed by atoms with E-state index in [-0.39, 0.29) is 11.9 Å². The molecular formula is C22H25ClN2O2. The summed E-state index contributed by atoms with van der Waals surface area (Å²) in [6.45, 7) is 7.39. The number of halogens is 1. The number of nitrogens with one attached hydrogen (secondary N) is 1. The van der Waals surface area contributed by atoms with Crippen LogP contribution >= 0.6 is 11.6 Å². The van der Waals surface area contributed by atoms with E-state index in [0.717, 1.165) is 16.5 Å². The molecule has 2 aromatic rings. The van der Waals surface area contributed by atoms with Crippen LogP contribution in [0.3, 0.4) is 0 Å². The molecule has 2 unspecified atom stereocenters. The summed E-state index contributed by atoms with van der Waals surface area (Å²) in [5.74, 6) is 0.160. The van der Waals surface area contributed by atoms with E-state index in [0.29, 0.717) is 36.3 Å². The molecule has 1 aliphatic rings. The second kappa shape index (κ2) is 8.59. The van der Waals surface area contributed by atoms with Crippen LogP contribution in [0.15, 0.2) is 60.7 Å². The molecule has 0 fully saturated rings. The molecule has 0 bridgehead atoms. The Morgan fingerprint density at radius 2 is 2.15 bits per heavy atom. The Balaban J connectivity index is 1.80. The van der Waals surface area contributed by atoms with Crippen molar-refractivity contribution in [2.45, 2.75) is 19.4 Å². The number of allylic oxidation sites excluding steroid dienone is 2. The highest BCUT2D eigenvalue weighted by atomic mass is 35.5. The van der Waals surface area contributed by atoms with E-state index in [2.05, 4.69) is 31.0 Å². The summed E-state index contributed by atoms with van der Waals surface area (Å²) < 4.78 is 7.50. The Morgan fingerprint density at radius 1 is 1.33 bits per heavy atom. The first-order valence-electron chi connectivity index (χ1n) is 9.13. The lowest BCUT2D eigenvalue weighted by molar-refractivity contribution is 0.0922. The maximum atomic E-state index is 12.9. The first kappa shape index (κ1) is 19.5. The predicted octanol–water partition coefficient (Wildman–Crippen LogP) is 4.66. The van der Waals surface area contributed by atoms with Crippen LogP contribution in [0, 0.1) is 5.92 Å². The van der Waals surface area contributed by atoms with Gasteiger partial charge in [0.25, 0.3) is 5.91 Å². The number of hydrogen-bond donors (Lipinski definition) is 1. The summed E-state index contributed by atoms with van der Waals surface area (Å²) in [5.41, 5.74) is 2.39. The molecule has 1 aliphatic heterocycles. The van der Waals surface area contributed by atoms with Gasteiger partial charge < -0.3 is 14.6 Å². The minimum atomic E-state index is -0.180. The normalized spacial score (nSPS) is 23.6. The molecule has 142 valence electrons. The molecule has 0 saturated heterocycles. The zero-order chi connectivity index (χ0) is 19.4. The molecular weight excluding hydrogens is 360 g/mol. The van der Waals surface area contributed by atoms with Crippen molar-refractivity contribution in [2.24, 2.45) is 13.0 Å². The SMILES string of the molecule is C=C1/C=C\C(C)/C=C\COCCC1NC(=O)c1cc2ccc(Cl)cc2n1C. The van der Waals surface area contributed by atoms with Gasteiger partial charge in [-0.1, -0.05) is 55.5 Å². The van der Waals surface area contributed by atoms with Gasteiger partial charge >= 0.3 is 0 Å². The number of aromatic nitrogens is 1. The second-order valence-corrected chi connectivity index (χ2v) is 7.34. The average Bonchev–Trinajstić information content (AvgIpc) is 2.95. The quantitative estimate of drug-likeness (QED) is 0.765. The van der Waals surface area contributed by atoms with Gasteiger partial charge in [0.1, 0.15) is 5.69 Å². The van der Waals surface area contributed by atoms with Crippen molar-refractivity contribution >= 4 is 28.4 Å². The van der Waals surface area contributed by atoms with Gasteiger partial charge in [-0.15, -0.1) is 0 Å². The minimum absolute atomic E-state index is 0.134. The Morgan fingerprint density at radius 3 is 2.96 bits per heavy atom. The van der Waals surface area contributed by atoms with Crippen molar-refractivity contribution in [1.82, 2.24) is 9.88 Å². The van der Waals surface area contributed by atoms with Crippen molar-refractivity contribution in [3.8, 4) is 0 Å². The molecule has 1 amide bonds. The topological polar surface area (TPSA) is 43.3 Å². The standard InChI is InChI=1S/C22H25ClN2O2/c1-15-5-4-11-27-12-10-19(16(2)7-6-15)24-22(26)21-13-17-8-9-18(23)14-20(17)25(21)3/h4-9,13-15,19H,2,10-12H2,1,3H3,(H,24,26)/b5-4-,7-6-. The van der Waals surface area contributed by atoms with Crippen LogP contribution in [-0.2, 0) is 11.8 Å². The predicted molar refractivity (Wildman–Crippen MR) is 111 cm³/mol. The third-order valence-electron chi connectivity index (χ3n) is 4.81. The van der Waals surface area contributed by atoms with Crippen LogP contribution < -0.4 is 5.32 Å². The third kappa shape index (κ3) is 4.71. The van der Waals surface area contributed by atoms with Gasteiger partial charge in [0, 0.05) is 29.6 Å². The molecule has 0 aliphatic carbocycles. The molecule has 0 saturated carbocycles. The summed E-state index contributed by atoms with van der Waals surface area (Å²) in [6, 6.07) is 7.32. The van der Waals surface area contributed by atoms with E-state index in [9.17, 15) is 4.79 Å². The van der Waals surface area contributed by atoms with E-state index in [1.807, 2.05) is 48.0 Å². The molecule has 5 heteroatoms. The van der Waals surface area contributed by atoms with Crippen LogP contribution in [0.4, 0.5) is 0 Å². The van der Waals surface area contributed by atoms with E-state index in [1.54, 1.807) is 0 Å².